The molecule has 0 fully saturated rings. The van der Waals surface area contributed by atoms with Crippen LogP contribution in [-0.4, -0.2) is 22.0 Å². The molecule has 0 radical (unpaired) electrons. The molecule has 0 aliphatic heterocycles. The van der Waals surface area contributed by atoms with Crippen molar-refractivity contribution in [2.45, 2.75) is 6.92 Å². The van der Waals surface area contributed by atoms with Crippen molar-refractivity contribution in [3.05, 3.63) is 58.1 Å². The van der Waals surface area contributed by atoms with E-state index >= 15 is 0 Å². The van der Waals surface area contributed by atoms with E-state index in [4.69, 9.17) is 26.8 Å². The first-order valence-corrected chi connectivity index (χ1v) is 5.86. The smallest absolute Gasteiger partial charge is 0.291 e. The van der Waals surface area contributed by atoms with Crippen LogP contribution >= 0.6 is 0 Å². The SMILES string of the molecule is C/C(=N\N=C(N)N)c1cccc2ccccc12.O=[N+]([O-])O. The predicted octanol–water partition coefficient (Wildman–Crippen LogP) is 1.49. The normalized spacial score (nSPS) is 10.4. The molecule has 0 aliphatic rings. The maximum atomic E-state index is 8.36. The zero-order valence-corrected chi connectivity index (χ0v) is 11.3. The molecule has 8 heteroatoms. The van der Waals surface area contributed by atoms with Crippen molar-refractivity contribution < 1.29 is 10.3 Å². The largest absolute Gasteiger partial charge is 0.369 e. The van der Waals surface area contributed by atoms with Gasteiger partial charge in [0.25, 0.3) is 5.09 Å². The molecule has 0 bridgehead atoms. The summed E-state index contributed by atoms with van der Waals surface area (Å²) in [5.41, 5.74) is 12.3. The molecule has 0 aliphatic carbocycles. The van der Waals surface area contributed by atoms with E-state index in [1.165, 1.54) is 5.39 Å². The van der Waals surface area contributed by atoms with Gasteiger partial charge in [-0.3, -0.25) is 0 Å². The Balaban J connectivity index is 0.000000491. The molecule has 0 unspecified atom stereocenters. The third kappa shape index (κ3) is 5.15. The molecule has 110 valence electrons. The van der Waals surface area contributed by atoms with E-state index < -0.39 is 5.09 Å². The van der Waals surface area contributed by atoms with Gasteiger partial charge in [0, 0.05) is 5.56 Å². The number of hydrogen-bond acceptors (Lipinski definition) is 4. The number of benzene rings is 2. The lowest BCUT2D eigenvalue weighted by Crippen LogP contribution is -2.22. The lowest BCUT2D eigenvalue weighted by Gasteiger charge is -2.04. The van der Waals surface area contributed by atoms with Crippen molar-refractivity contribution in [2.24, 2.45) is 21.7 Å². The van der Waals surface area contributed by atoms with Gasteiger partial charge in [0.05, 0.1) is 5.71 Å². The van der Waals surface area contributed by atoms with Gasteiger partial charge in [-0.15, -0.1) is 15.2 Å². The van der Waals surface area contributed by atoms with Crippen molar-refractivity contribution in [1.29, 1.82) is 0 Å². The van der Waals surface area contributed by atoms with E-state index in [1.54, 1.807) is 0 Å². The monoisotopic (exact) mass is 289 g/mol. The summed E-state index contributed by atoms with van der Waals surface area (Å²) < 4.78 is 0. The number of nitrogens with zero attached hydrogens (tertiary/aromatic N) is 3. The minimum atomic E-state index is -1.50. The van der Waals surface area contributed by atoms with Crippen molar-refractivity contribution in [2.75, 3.05) is 0 Å². The van der Waals surface area contributed by atoms with Crippen LogP contribution in [0.3, 0.4) is 0 Å². The van der Waals surface area contributed by atoms with Gasteiger partial charge >= 0.3 is 0 Å². The van der Waals surface area contributed by atoms with Crippen LogP contribution in [0.4, 0.5) is 0 Å². The summed E-state index contributed by atoms with van der Waals surface area (Å²) in [5, 5.41) is 23.6. The molecule has 0 spiro atoms. The van der Waals surface area contributed by atoms with E-state index in [0.717, 1.165) is 16.7 Å². The quantitative estimate of drug-likeness (QED) is 0.332. The molecule has 0 saturated heterocycles. The van der Waals surface area contributed by atoms with Gasteiger partial charge in [-0.2, -0.15) is 5.10 Å². The summed E-state index contributed by atoms with van der Waals surface area (Å²) in [5.74, 6) is -0.0374. The van der Waals surface area contributed by atoms with Crippen LogP contribution in [-0.2, 0) is 0 Å². The van der Waals surface area contributed by atoms with E-state index in [0.29, 0.717) is 0 Å². The standard InChI is InChI=1S/C13H14N4.HNO3/c1-9(16-17-13(14)15)11-8-4-6-10-5-2-3-7-12(10)11;2-1(3)4/h2-8H,1H3,(H4,14,15,17);(H,2,3,4)/b16-9+;. The van der Waals surface area contributed by atoms with Gasteiger partial charge in [-0.1, -0.05) is 42.5 Å². The van der Waals surface area contributed by atoms with Gasteiger partial charge in [0.15, 0.2) is 0 Å². The number of fused-ring (bicyclic) bond motifs is 1. The minimum absolute atomic E-state index is 0.0374. The first-order chi connectivity index (χ1) is 9.91. The fraction of sp³-hybridized carbons (Fsp3) is 0.0769. The van der Waals surface area contributed by atoms with Crippen molar-refractivity contribution in [1.82, 2.24) is 0 Å². The Labute approximate surface area is 120 Å². The summed E-state index contributed by atoms with van der Waals surface area (Å²) in [7, 11) is 0. The Bertz CT molecular complexity index is 684. The van der Waals surface area contributed by atoms with E-state index in [-0.39, 0.29) is 5.96 Å². The maximum absolute atomic E-state index is 8.36. The minimum Gasteiger partial charge on any atom is -0.369 e. The van der Waals surface area contributed by atoms with E-state index in [2.05, 4.69) is 28.4 Å². The predicted molar refractivity (Wildman–Crippen MR) is 80.7 cm³/mol. The number of nitrogens with two attached hydrogens (primary N) is 2. The molecule has 5 N–H and O–H groups in total. The molecule has 8 nitrogen and oxygen atoms in total. The number of guanidine groups is 1. The van der Waals surface area contributed by atoms with Gasteiger partial charge < -0.3 is 16.7 Å². The summed E-state index contributed by atoms with van der Waals surface area (Å²) in [6.45, 7) is 1.88. The molecule has 0 aromatic heterocycles. The average molecular weight is 289 g/mol. The molecule has 2 aromatic rings. The van der Waals surface area contributed by atoms with Crippen molar-refractivity contribution in [3.63, 3.8) is 0 Å². The molecule has 0 amide bonds. The molecule has 0 atom stereocenters. The highest BCUT2D eigenvalue weighted by atomic mass is 16.9. The van der Waals surface area contributed by atoms with Crippen LogP contribution in [0, 0.1) is 10.1 Å². The first kappa shape index (κ1) is 15.9. The molecule has 0 saturated carbocycles. The third-order valence-electron chi connectivity index (χ3n) is 2.49. The van der Waals surface area contributed by atoms with Gasteiger partial charge in [-0.05, 0) is 17.7 Å². The number of hydrogen-bond donors (Lipinski definition) is 3. The van der Waals surface area contributed by atoms with E-state index in [1.807, 2.05) is 31.2 Å². The van der Waals surface area contributed by atoms with E-state index in [9.17, 15) is 0 Å². The van der Waals surface area contributed by atoms with Crippen LogP contribution in [0.25, 0.3) is 10.8 Å². The number of rotatable bonds is 2. The van der Waals surface area contributed by atoms with Crippen LogP contribution < -0.4 is 11.5 Å². The molecule has 2 aromatic carbocycles. The van der Waals surface area contributed by atoms with Gasteiger partial charge in [0.1, 0.15) is 0 Å². The fourth-order valence-corrected chi connectivity index (χ4v) is 1.73. The fourth-order valence-electron chi connectivity index (χ4n) is 1.73. The summed E-state index contributed by atoms with van der Waals surface area (Å²) in [6, 6.07) is 14.2. The third-order valence-corrected chi connectivity index (χ3v) is 2.49. The van der Waals surface area contributed by atoms with Crippen molar-refractivity contribution >= 4 is 22.4 Å². The topological polar surface area (TPSA) is 140 Å². The van der Waals surface area contributed by atoms with Crippen LogP contribution in [0.15, 0.2) is 52.7 Å². The van der Waals surface area contributed by atoms with Gasteiger partial charge in [0.2, 0.25) is 5.96 Å². The highest BCUT2D eigenvalue weighted by molar-refractivity contribution is 6.09. The molecule has 0 heterocycles. The lowest BCUT2D eigenvalue weighted by molar-refractivity contribution is -0.742. The zero-order valence-electron chi connectivity index (χ0n) is 11.3. The summed E-state index contributed by atoms with van der Waals surface area (Å²) in [4.78, 5) is 8.36. The highest BCUT2D eigenvalue weighted by Crippen LogP contribution is 2.19. The molecule has 21 heavy (non-hydrogen) atoms. The second-order valence-electron chi connectivity index (χ2n) is 3.97. The second kappa shape index (κ2) is 7.43. The Kier molecular flexibility index (Phi) is 5.63. The molecular formula is C13H15N5O3. The lowest BCUT2D eigenvalue weighted by atomic mass is 10.0. The summed E-state index contributed by atoms with van der Waals surface area (Å²) >= 11 is 0. The van der Waals surface area contributed by atoms with Crippen LogP contribution in [0.5, 0.6) is 0 Å². The highest BCUT2D eigenvalue weighted by Gasteiger charge is 2.02. The molecular weight excluding hydrogens is 274 g/mol. The van der Waals surface area contributed by atoms with Crippen LogP contribution in [0.1, 0.15) is 12.5 Å². The molecule has 2 rings (SSSR count). The first-order valence-electron chi connectivity index (χ1n) is 5.86. The Morgan fingerprint density at radius 2 is 1.71 bits per heavy atom. The average Bonchev–Trinajstić information content (AvgIpc) is 2.43. The Morgan fingerprint density at radius 1 is 1.14 bits per heavy atom. The Hall–Kier alpha value is -3.16. The van der Waals surface area contributed by atoms with Crippen LogP contribution in [0.2, 0.25) is 0 Å². The van der Waals surface area contributed by atoms with Crippen molar-refractivity contribution in [3.8, 4) is 0 Å². The Morgan fingerprint density at radius 3 is 2.33 bits per heavy atom. The van der Waals surface area contributed by atoms with Gasteiger partial charge in [-0.25, -0.2) is 0 Å². The second-order valence-corrected chi connectivity index (χ2v) is 3.97. The summed E-state index contributed by atoms with van der Waals surface area (Å²) in [6.07, 6.45) is 0. The maximum Gasteiger partial charge on any atom is 0.291 e. The zero-order chi connectivity index (χ0) is 15.8.